The Labute approximate surface area is 96.1 Å². The second kappa shape index (κ2) is 5.07. The summed E-state index contributed by atoms with van der Waals surface area (Å²) in [6, 6.07) is 0. The van der Waals surface area contributed by atoms with Gasteiger partial charge in [-0.2, -0.15) is 5.10 Å². The Bertz CT molecular complexity index is 342. The second-order valence-corrected chi connectivity index (χ2v) is 4.34. The molecular formula is C11H17N3S. The summed E-state index contributed by atoms with van der Waals surface area (Å²) in [6.45, 7) is 8.08. The van der Waals surface area contributed by atoms with Gasteiger partial charge in [0.1, 0.15) is 0 Å². The molecule has 0 saturated heterocycles. The standard InChI is InChI=1S/C11H17N3S/c1-7(2)9-5-4-8(3)10(6-9)13-14-11(12)15/h4,9H,1,5-6H2,2-3H3,(H3,12,14,15)/t9-/m1/s1. The van der Waals surface area contributed by atoms with E-state index in [9.17, 15) is 0 Å². The van der Waals surface area contributed by atoms with Crippen LogP contribution in [0.4, 0.5) is 0 Å². The molecule has 82 valence electrons. The summed E-state index contributed by atoms with van der Waals surface area (Å²) in [5.41, 5.74) is 11.4. The van der Waals surface area contributed by atoms with E-state index >= 15 is 0 Å². The van der Waals surface area contributed by atoms with E-state index in [0.29, 0.717) is 5.92 Å². The summed E-state index contributed by atoms with van der Waals surface area (Å²) < 4.78 is 0. The van der Waals surface area contributed by atoms with Crippen LogP contribution in [0.3, 0.4) is 0 Å². The zero-order chi connectivity index (χ0) is 11.4. The van der Waals surface area contributed by atoms with Crippen LogP contribution >= 0.6 is 12.2 Å². The number of nitrogens with zero attached hydrogens (tertiary/aromatic N) is 1. The van der Waals surface area contributed by atoms with Gasteiger partial charge in [0.15, 0.2) is 5.11 Å². The molecule has 1 rings (SSSR count). The van der Waals surface area contributed by atoms with Gasteiger partial charge in [-0.15, -0.1) is 0 Å². The van der Waals surface area contributed by atoms with E-state index < -0.39 is 0 Å². The molecule has 15 heavy (non-hydrogen) atoms. The van der Waals surface area contributed by atoms with E-state index in [2.05, 4.69) is 37.0 Å². The van der Waals surface area contributed by atoms with E-state index in [0.717, 1.165) is 18.6 Å². The minimum atomic E-state index is 0.202. The highest BCUT2D eigenvalue weighted by atomic mass is 32.1. The van der Waals surface area contributed by atoms with Gasteiger partial charge >= 0.3 is 0 Å². The molecule has 0 aromatic heterocycles. The number of nitrogens with two attached hydrogens (primary N) is 1. The molecule has 3 nitrogen and oxygen atoms in total. The minimum absolute atomic E-state index is 0.202. The average molecular weight is 223 g/mol. The van der Waals surface area contributed by atoms with E-state index in [4.69, 9.17) is 18.0 Å². The normalized spacial score (nSPS) is 23.5. The third kappa shape index (κ3) is 3.47. The lowest BCUT2D eigenvalue weighted by molar-refractivity contribution is 0.637. The fourth-order valence-electron chi connectivity index (χ4n) is 1.55. The van der Waals surface area contributed by atoms with Crippen molar-refractivity contribution in [2.75, 3.05) is 0 Å². The Kier molecular flexibility index (Phi) is 4.03. The largest absolute Gasteiger partial charge is 0.375 e. The van der Waals surface area contributed by atoms with Crippen LogP contribution in [0.5, 0.6) is 0 Å². The zero-order valence-corrected chi connectivity index (χ0v) is 10.0. The van der Waals surface area contributed by atoms with Gasteiger partial charge in [-0.05, 0) is 50.4 Å². The third-order valence-electron chi connectivity index (χ3n) is 2.60. The molecule has 0 saturated carbocycles. The Morgan fingerprint density at radius 1 is 1.73 bits per heavy atom. The van der Waals surface area contributed by atoms with Crippen LogP contribution in [0.2, 0.25) is 0 Å². The topological polar surface area (TPSA) is 50.4 Å². The Hall–Kier alpha value is -1.16. The molecule has 0 spiro atoms. The Balaban J connectivity index is 2.75. The van der Waals surface area contributed by atoms with E-state index in [-0.39, 0.29) is 5.11 Å². The predicted molar refractivity (Wildman–Crippen MR) is 68.7 cm³/mol. The van der Waals surface area contributed by atoms with Gasteiger partial charge in [0.2, 0.25) is 0 Å². The highest BCUT2D eigenvalue weighted by Crippen LogP contribution is 2.26. The molecule has 0 amide bonds. The van der Waals surface area contributed by atoms with Gasteiger partial charge in [0, 0.05) is 0 Å². The summed E-state index contributed by atoms with van der Waals surface area (Å²) in [6.07, 6.45) is 4.14. The van der Waals surface area contributed by atoms with Gasteiger partial charge in [0.05, 0.1) is 5.71 Å². The maximum Gasteiger partial charge on any atom is 0.184 e. The monoisotopic (exact) mass is 223 g/mol. The second-order valence-electron chi connectivity index (χ2n) is 3.90. The Morgan fingerprint density at radius 3 is 2.93 bits per heavy atom. The van der Waals surface area contributed by atoms with E-state index in [1.807, 2.05) is 0 Å². The molecule has 0 bridgehead atoms. The van der Waals surface area contributed by atoms with Crippen LogP contribution in [0.1, 0.15) is 26.7 Å². The zero-order valence-electron chi connectivity index (χ0n) is 9.21. The highest BCUT2D eigenvalue weighted by molar-refractivity contribution is 7.80. The first kappa shape index (κ1) is 11.9. The molecular weight excluding hydrogens is 206 g/mol. The Morgan fingerprint density at radius 2 is 2.40 bits per heavy atom. The first-order valence-corrected chi connectivity index (χ1v) is 5.36. The van der Waals surface area contributed by atoms with Crippen molar-refractivity contribution in [3.63, 3.8) is 0 Å². The molecule has 0 fully saturated rings. The van der Waals surface area contributed by atoms with Crippen molar-refractivity contribution < 1.29 is 0 Å². The summed E-state index contributed by atoms with van der Waals surface area (Å²) in [5, 5.41) is 4.39. The molecule has 0 heterocycles. The van der Waals surface area contributed by atoms with Gasteiger partial charge in [-0.25, -0.2) is 0 Å². The lowest BCUT2D eigenvalue weighted by Gasteiger charge is -2.22. The molecule has 0 aromatic rings. The first-order valence-electron chi connectivity index (χ1n) is 4.95. The highest BCUT2D eigenvalue weighted by Gasteiger charge is 2.18. The van der Waals surface area contributed by atoms with Crippen molar-refractivity contribution in [1.29, 1.82) is 0 Å². The van der Waals surface area contributed by atoms with Gasteiger partial charge in [-0.1, -0.05) is 18.2 Å². The van der Waals surface area contributed by atoms with Gasteiger partial charge in [-0.3, -0.25) is 5.43 Å². The van der Waals surface area contributed by atoms with Crippen molar-refractivity contribution >= 4 is 23.0 Å². The number of hydrogen-bond donors (Lipinski definition) is 2. The average Bonchev–Trinajstić information content (AvgIpc) is 2.16. The molecule has 0 aromatic carbocycles. The number of hydrazone groups is 1. The van der Waals surface area contributed by atoms with E-state index in [1.54, 1.807) is 0 Å². The van der Waals surface area contributed by atoms with Crippen LogP contribution in [0.15, 0.2) is 28.9 Å². The van der Waals surface area contributed by atoms with Crippen molar-refractivity contribution in [2.45, 2.75) is 26.7 Å². The van der Waals surface area contributed by atoms with Crippen molar-refractivity contribution in [3.05, 3.63) is 23.8 Å². The molecule has 0 unspecified atom stereocenters. The maximum atomic E-state index is 5.33. The minimum Gasteiger partial charge on any atom is -0.375 e. The van der Waals surface area contributed by atoms with Crippen LogP contribution < -0.4 is 11.2 Å². The number of allylic oxidation sites excluding steroid dienone is 3. The predicted octanol–water partition coefficient (Wildman–Crippen LogP) is 2.11. The fraction of sp³-hybridized carbons (Fsp3) is 0.455. The summed E-state index contributed by atoms with van der Waals surface area (Å²) in [4.78, 5) is 0. The number of nitrogens with one attached hydrogen (secondary N) is 1. The van der Waals surface area contributed by atoms with Gasteiger partial charge < -0.3 is 5.73 Å². The smallest absolute Gasteiger partial charge is 0.184 e. The molecule has 0 radical (unpaired) electrons. The molecule has 1 aliphatic rings. The summed E-state index contributed by atoms with van der Waals surface area (Å²) in [5.74, 6) is 0.487. The number of thiocarbonyl (C=S) groups is 1. The van der Waals surface area contributed by atoms with Crippen LogP contribution in [-0.4, -0.2) is 10.8 Å². The van der Waals surface area contributed by atoms with Crippen LogP contribution in [0.25, 0.3) is 0 Å². The number of rotatable bonds is 2. The summed E-state index contributed by atoms with van der Waals surface area (Å²) in [7, 11) is 0. The quantitative estimate of drug-likeness (QED) is 0.428. The van der Waals surface area contributed by atoms with E-state index in [1.165, 1.54) is 11.1 Å². The van der Waals surface area contributed by atoms with Crippen LogP contribution in [-0.2, 0) is 0 Å². The summed E-state index contributed by atoms with van der Waals surface area (Å²) >= 11 is 4.71. The SMILES string of the molecule is C=C(C)[C@@H]1CC=C(C)C(=NNC(N)=S)C1. The van der Waals surface area contributed by atoms with Crippen LogP contribution in [0, 0.1) is 5.92 Å². The third-order valence-corrected chi connectivity index (χ3v) is 2.69. The molecule has 1 atom stereocenters. The number of hydrogen-bond acceptors (Lipinski definition) is 2. The molecule has 4 heteroatoms. The van der Waals surface area contributed by atoms with Crippen molar-refractivity contribution in [2.24, 2.45) is 16.8 Å². The maximum absolute atomic E-state index is 5.33. The van der Waals surface area contributed by atoms with Crippen molar-refractivity contribution in [3.8, 4) is 0 Å². The molecule has 3 N–H and O–H groups in total. The lowest BCUT2D eigenvalue weighted by atomic mass is 9.85. The van der Waals surface area contributed by atoms with Gasteiger partial charge in [0.25, 0.3) is 0 Å². The van der Waals surface area contributed by atoms with Crippen molar-refractivity contribution in [1.82, 2.24) is 5.43 Å². The molecule has 0 aliphatic heterocycles. The first-order chi connectivity index (χ1) is 7.00. The fourth-order valence-corrected chi connectivity index (χ4v) is 1.59. The molecule has 1 aliphatic carbocycles. The lowest BCUT2D eigenvalue weighted by Crippen LogP contribution is -2.27.